The number of piperazine rings is 1. The van der Waals surface area contributed by atoms with E-state index in [1.807, 2.05) is 25.1 Å². The smallest absolute Gasteiger partial charge is 0.325 e. The number of carbonyl (C=O) groups is 3. The molecule has 0 radical (unpaired) electrons. The Hall–Kier alpha value is -1.94. The van der Waals surface area contributed by atoms with Crippen molar-refractivity contribution in [2.45, 2.75) is 13.5 Å². The third-order valence-electron chi connectivity index (χ3n) is 4.45. The molecule has 0 aromatic carbocycles. The molecular weight excluding hydrogens is 434 g/mol. The second-order valence-corrected chi connectivity index (χ2v) is 9.70. The van der Waals surface area contributed by atoms with Crippen molar-refractivity contribution in [2.75, 3.05) is 39.3 Å². The van der Waals surface area contributed by atoms with Gasteiger partial charge >= 0.3 is 5.97 Å². The summed E-state index contributed by atoms with van der Waals surface area (Å²) in [4.78, 5) is 42.7. The minimum absolute atomic E-state index is 0.225. The van der Waals surface area contributed by atoms with Crippen molar-refractivity contribution >= 4 is 52.1 Å². The van der Waals surface area contributed by atoms with Crippen LogP contribution in [0.3, 0.4) is 0 Å². The number of thiophene rings is 2. The quantitative estimate of drug-likeness (QED) is 0.648. The number of hydrogen-bond donors (Lipinski definition) is 1. The van der Waals surface area contributed by atoms with Crippen molar-refractivity contribution in [3.63, 3.8) is 0 Å². The lowest BCUT2D eigenvalue weighted by Crippen LogP contribution is -2.49. The molecule has 7 nitrogen and oxygen atoms in total. The maximum Gasteiger partial charge on any atom is 0.325 e. The molecule has 0 saturated carbocycles. The third-order valence-corrected chi connectivity index (χ3v) is 6.66. The van der Waals surface area contributed by atoms with Gasteiger partial charge in [-0.05, 0) is 31.2 Å². The zero-order valence-electron chi connectivity index (χ0n) is 16.0. The Balaban J connectivity index is 1.33. The first-order valence-electron chi connectivity index (χ1n) is 9.15. The number of rotatable bonds is 7. The molecule has 3 rings (SSSR count). The average Bonchev–Trinajstić information content (AvgIpc) is 3.32. The van der Waals surface area contributed by atoms with Gasteiger partial charge in [-0.2, -0.15) is 0 Å². The molecule has 29 heavy (non-hydrogen) atoms. The van der Waals surface area contributed by atoms with Crippen LogP contribution in [0, 0.1) is 6.92 Å². The zero-order chi connectivity index (χ0) is 20.8. The van der Waals surface area contributed by atoms with Crippen LogP contribution >= 0.6 is 34.3 Å². The van der Waals surface area contributed by atoms with Crippen LogP contribution in [0.2, 0.25) is 4.34 Å². The van der Waals surface area contributed by atoms with Crippen LogP contribution < -0.4 is 5.32 Å². The molecule has 1 fully saturated rings. The normalized spacial score (nSPS) is 14.6. The summed E-state index contributed by atoms with van der Waals surface area (Å²) in [5, 5.41) is 2.50. The largest absolute Gasteiger partial charge is 0.454 e. The van der Waals surface area contributed by atoms with Crippen molar-refractivity contribution in [1.82, 2.24) is 15.1 Å². The highest BCUT2D eigenvalue weighted by molar-refractivity contribution is 7.16. The summed E-state index contributed by atoms with van der Waals surface area (Å²) >= 11 is 8.87. The maximum atomic E-state index is 12.3. The number of aryl methyl sites for hydroxylation is 1. The first kappa shape index (κ1) is 21.8. The fourth-order valence-electron chi connectivity index (χ4n) is 2.89. The Morgan fingerprint density at radius 2 is 1.86 bits per heavy atom. The Morgan fingerprint density at radius 3 is 2.48 bits per heavy atom. The van der Waals surface area contributed by atoms with Gasteiger partial charge in [0.1, 0.15) is 6.54 Å². The topological polar surface area (TPSA) is 78.9 Å². The number of nitrogens with zero attached hydrogens (tertiary/aromatic N) is 2. The highest BCUT2D eigenvalue weighted by atomic mass is 35.5. The molecule has 1 aliphatic heterocycles. The van der Waals surface area contributed by atoms with E-state index in [1.165, 1.54) is 16.2 Å². The molecular formula is C19H22ClN3O4S2. The van der Waals surface area contributed by atoms with E-state index < -0.39 is 5.97 Å². The Kier molecular flexibility index (Phi) is 7.65. The summed E-state index contributed by atoms with van der Waals surface area (Å²) in [6.45, 7) is 4.83. The van der Waals surface area contributed by atoms with E-state index in [0.29, 0.717) is 18.0 Å². The Labute approximate surface area is 182 Å². The van der Waals surface area contributed by atoms with Crippen LogP contribution in [0.25, 0.3) is 0 Å². The van der Waals surface area contributed by atoms with Gasteiger partial charge in [0.15, 0.2) is 6.61 Å². The summed E-state index contributed by atoms with van der Waals surface area (Å²) in [5.41, 5.74) is 0. The van der Waals surface area contributed by atoms with Crippen molar-refractivity contribution in [3.05, 3.63) is 43.2 Å². The van der Waals surface area contributed by atoms with E-state index in [-0.39, 0.29) is 25.0 Å². The predicted octanol–water partition coefficient (Wildman–Crippen LogP) is 2.39. The summed E-state index contributed by atoms with van der Waals surface area (Å²) in [6, 6.07) is 7.45. The molecule has 1 saturated heterocycles. The monoisotopic (exact) mass is 455 g/mol. The van der Waals surface area contributed by atoms with Crippen LogP contribution in [0.1, 0.15) is 19.4 Å². The van der Waals surface area contributed by atoms with Crippen LogP contribution in [0.4, 0.5) is 0 Å². The van der Waals surface area contributed by atoms with Crippen molar-refractivity contribution < 1.29 is 19.1 Å². The first-order valence-corrected chi connectivity index (χ1v) is 11.2. The summed E-state index contributed by atoms with van der Waals surface area (Å²) in [5.74, 6) is -1.18. The van der Waals surface area contributed by atoms with Gasteiger partial charge in [-0.15, -0.1) is 22.7 Å². The lowest BCUT2D eigenvalue weighted by atomic mass is 10.3. The van der Waals surface area contributed by atoms with E-state index in [0.717, 1.165) is 28.8 Å². The molecule has 0 atom stereocenters. The summed E-state index contributed by atoms with van der Waals surface area (Å²) < 4.78 is 5.78. The second kappa shape index (κ2) is 10.2. The van der Waals surface area contributed by atoms with Gasteiger partial charge < -0.3 is 15.0 Å². The predicted molar refractivity (Wildman–Crippen MR) is 114 cm³/mol. The fourth-order valence-corrected chi connectivity index (χ4v) is 4.81. The van der Waals surface area contributed by atoms with Crippen molar-refractivity contribution in [2.24, 2.45) is 0 Å². The highest BCUT2D eigenvalue weighted by Gasteiger charge is 2.22. The molecule has 156 valence electrons. The molecule has 2 aromatic rings. The molecule has 2 aromatic heterocycles. The highest BCUT2D eigenvalue weighted by Crippen LogP contribution is 2.23. The van der Waals surface area contributed by atoms with E-state index in [9.17, 15) is 14.4 Å². The van der Waals surface area contributed by atoms with Crippen molar-refractivity contribution in [3.8, 4) is 0 Å². The van der Waals surface area contributed by atoms with Crippen LogP contribution in [-0.4, -0.2) is 66.9 Å². The number of amides is 2. The molecule has 10 heteroatoms. The van der Waals surface area contributed by atoms with E-state index in [2.05, 4.69) is 10.2 Å². The minimum atomic E-state index is -0.631. The molecule has 1 N–H and O–H groups in total. The van der Waals surface area contributed by atoms with Gasteiger partial charge in [0.2, 0.25) is 0 Å². The molecule has 0 aliphatic carbocycles. The van der Waals surface area contributed by atoms with E-state index >= 15 is 0 Å². The van der Waals surface area contributed by atoms with Gasteiger partial charge in [-0.3, -0.25) is 19.3 Å². The lowest BCUT2D eigenvalue weighted by molar-refractivity contribution is -0.151. The third kappa shape index (κ3) is 6.53. The fraction of sp³-hybridized carbons (Fsp3) is 0.421. The zero-order valence-corrected chi connectivity index (χ0v) is 18.4. The number of carbonyl (C=O) groups excluding carboxylic acids is 3. The Morgan fingerprint density at radius 1 is 1.10 bits per heavy atom. The number of esters is 1. The van der Waals surface area contributed by atoms with Gasteiger partial charge in [0.25, 0.3) is 11.8 Å². The van der Waals surface area contributed by atoms with Gasteiger partial charge in [-0.1, -0.05) is 11.6 Å². The number of ether oxygens (including phenoxy) is 1. The number of nitrogens with one attached hydrogen (secondary N) is 1. The van der Waals surface area contributed by atoms with Gasteiger partial charge in [0, 0.05) is 42.5 Å². The summed E-state index contributed by atoms with van der Waals surface area (Å²) in [7, 11) is 0. The molecule has 3 heterocycles. The van der Waals surface area contributed by atoms with Crippen LogP contribution in [0.5, 0.6) is 0 Å². The molecule has 0 spiro atoms. The van der Waals surface area contributed by atoms with Gasteiger partial charge in [0.05, 0.1) is 9.21 Å². The van der Waals surface area contributed by atoms with Gasteiger partial charge in [-0.25, -0.2) is 0 Å². The summed E-state index contributed by atoms with van der Waals surface area (Å²) in [6.07, 6.45) is 0. The Bertz CT molecular complexity index is 874. The molecule has 0 unspecified atom stereocenters. The number of hydrogen-bond acceptors (Lipinski definition) is 7. The lowest BCUT2D eigenvalue weighted by Gasteiger charge is -2.34. The van der Waals surface area contributed by atoms with Crippen LogP contribution in [-0.2, 0) is 20.9 Å². The standard InChI is InChI=1S/C19H22ClN3O4S2/c1-13-2-4-15(28-13)19(26)21-10-18(25)27-12-17(24)23-8-6-22(7-9-23)11-14-3-5-16(20)29-14/h2-5H,6-12H2,1H3,(H,21,26). The minimum Gasteiger partial charge on any atom is -0.454 e. The average molecular weight is 456 g/mol. The van der Waals surface area contributed by atoms with E-state index in [4.69, 9.17) is 16.3 Å². The molecule has 1 aliphatic rings. The van der Waals surface area contributed by atoms with Crippen LogP contribution in [0.15, 0.2) is 24.3 Å². The first-order chi connectivity index (χ1) is 13.9. The maximum absolute atomic E-state index is 12.3. The molecule has 2 amide bonds. The van der Waals surface area contributed by atoms with Crippen molar-refractivity contribution in [1.29, 1.82) is 0 Å². The SMILES string of the molecule is Cc1ccc(C(=O)NCC(=O)OCC(=O)N2CCN(Cc3ccc(Cl)s3)CC2)s1. The second-order valence-electron chi connectivity index (χ2n) is 6.62. The van der Waals surface area contributed by atoms with E-state index in [1.54, 1.807) is 22.3 Å². The molecule has 0 bridgehead atoms. The number of halogens is 1.